The van der Waals surface area contributed by atoms with Crippen LogP contribution in [0.25, 0.3) is 0 Å². The van der Waals surface area contributed by atoms with E-state index in [1.165, 1.54) is 0 Å². The molecule has 1 aromatic heterocycles. The molecule has 0 saturated carbocycles. The summed E-state index contributed by atoms with van der Waals surface area (Å²) in [6.45, 7) is 1.35. The van der Waals surface area contributed by atoms with E-state index < -0.39 is 0 Å². The molecular formula is C15H16ClN3S. The number of thiocarbonyl (C=S) groups is 1. The molecular weight excluding hydrogens is 290 g/mol. The Morgan fingerprint density at radius 2 is 2.05 bits per heavy atom. The molecule has 2 rings (SSSR count). The predicted octanol–water partition coefficient (Wildman–Crippen LogP) is 3.24. The van der Waals surface area contributed by atoms with Gasteiger partial charge in [0.25, 0.3) is 0 Å². The number of rotatable bonds is 4. The lowest BCUT2D eigenvalue weighted by atomic mass is 10.2. The Kier molecular flexibility index (Phi) is 5.32. The second-order valence-electron chi connectivity index (χ2n) is 4.36. The first-order valence-electron chi connectivity index (χ1n) is 6.29. The van der Waals surface area contributed by atoms with E-state index in [-0.39, 0.29) is 0 Å². The van der Waals surface area contributed by atoms with Crippen molar-refractivity contribution in [1.82, 2.24) is 15.2 Å². The molecule has 0 aliphatic heterocycles. The summed E-state index contributed by atoms with van der Waals surface area (Å²) in [6, 6.07) is 11.8. The fraction of sp³-hybridized carbons (Fsp3) is 0.200. The minimum absolute atomic E-state index is 0.661. The van der Waals surface area contributed by atoms with Gasteiger partial charge in [-0.2, -0.15) is 0 Å². The third-order valence-corrected chi connectivity index (χ3v) is 3.75. The second kappa shape index (κ2) is 7.22. The number of hydrogen-bond donors (Lipinski definition) is 1. The maximum Gasteiger partial charge on any atom is 0.169 e. The van der Waals surface area contributed by atoms with Gasteiger partial charge in [0, 0.05) is 37.6 Å². The Labute approximate surface area is 129 Å². The fourth-order valence-corrected chi connectivity index (χ4v) is 2.23. The molecule has 104 valence electrons. The van der Waals surface area contributed by atoms with Crippen molar-refractivity contribution in [2.45, 2.75) is 13.1 Å². The van der Waals surface area contributed by atoms with Crippen LogP contribution >= 0.6 is 23.8 Å². The summed E-state index contributed by atoms with van der Waals surface area (Å²) in [7, 11) is 1.82. The van der Waals surface area contributed by atoms with Crippen LogP contribution in [0.4, 0.5) is 0 Å². The molecule has 0 aliphatic carbocycles. The molecule has 0 saturated heterocycles. The number of nitrogens with one attached hydrogen (secondary N) is 1. The molecule has 0 amide bonds. The number of benzene rings is 1. The van der Waals surface area contributed by atoms with Gasteiger partial charge >= 0.3 is 0 Å². The highest BCUT2D eigenvalue weighted by Gasteiger charge is 2.11. The Morgan fingerprint density at radius 1 is 1.25 bits per heavy atom. The number of nitrogens with zero attached hydrogens (tertiary/aromatic N) is 2. The topological polar surface area (TPSA) is 28.2 Å². The van der Waals surface area contributed by atoms with E-state index in [4.69, 9.17) is 23.8 Å². The summed E-state index contributed by atoms with van der Waals surface area (Å²) >= 11 is 11.6. The first kappa shape index (κ1) is 14.8. The van der Waals surface area contributed by atoms with Gasteiger partial charge in [0.1, 0.15) is 0 Å². The molecule has 0 spiro atoms. The zero-order valence-corrected chi connectivity index (χ0v) is 12.8. The van der Waals surface area contributed by atoms with Gasteiger partial charge in [-0.1, -0.05) is 35.9 Å². The summed E-state index contributed by atoms with van der Waals surface area (Å²) in [6.07, 6.45) is 3.61. The van der Waals surface area contributed by atoms with E-state index in [9.17, 15) is 0 Å². The van der Waals surface area contributed by atoms with Crippen molar-refractivity contribution in [1.29, 1.82) is 0 Å². The average Bonchev–Trinajstić information content (AvgIpc) is 2.49. The van der Waals surface area contributed by atoms with Gasteiger partial charge in [-0.15, -0.1) is 0 Å². The molecule has 0 radical (unpaired) electrons. The lowest BCUT2D eigenvalue weighted by molar-refractivity contribution is 0.402. The van der Waals surface area contributed by atoms with E-state index in [0.29, 0.717) is 18.2 Å². The van der Waals surface area contributed by atoms with Gasteiger partial charge in [0.2, 0.25) is 0 Å². The Balaban J connectivity index is 2.16. The van der Waals surface area contributed by atoms with E-state index in [0.717, 1.165) is 16.1 Å². The van der Waals surface area contributed by atoms with Crippen LogP contribution in [0.3, 0.4) is 0 Å². The third-order valence-electron chi connectivity index (χ3n) is 2.92. The largest absolute Gasteiger partial charge is 0.366 e. The predicted molar refractivity (Wildman–Crippen MR) is 86.6 cm³/mol. The summed E-state index contributed by atoms with van der Waals surface area (Å²) in [5.74, 6) is 0. The van der Waals surface area contributed by atoms with Crippen molar-refractivity contribution in [3.8, 4) is 0 Å². The van der Waals surface area contributed by atoms with E-state index in [1.54, 1.807) is 6.20 Å². The Bertz CT molecular complexity index is 574. The minimum atomic E-state index is 0.661. The minimum Gasteiger partial charge on any atom is -0.366 e. The molecule has 5 heteroatoms. The lowest BCUT2D eigenvalue weighted by Gasteiger charge is -2.25. The van der Waals surface area contributed by atoms with E-state index >= 15 is 0 Å². The molecule has 1 N–H and O–H groups in total. The standard InChI is InChI=1S/C15H16ClN3S/c1-17-15(20)19(10-12-5-4-8-18-9-12)11-13-6-2-3-7-14(13)16/h2-9H,10-11H2,1H3,(H,17,20). The molecule has 1 aromatic carbocycles. The van der Waals surface area contributed by atoms with Crippen LogP contribution in [0.2, 0.25) is 5.02 Å². The van der Waals surface area contributed by atoms with Crippen LogP contribution in [-0.4, -0.2) is 22.0 Å². The van der Waals surface area contributed by atoms with Crippen molar-refractivity contribution in [2.75, 3.05) is 7.05 Å². The van der Waals surface area contributed by atoms with Gasteiger partial charge in [0.05, 0.1) is 0 Å². The number of halogens is 1. The molecule has 0 fully saturated rings. The van der Waals surface area contributed by atoms with Crippen LogP contribution in [0.15, 0.2) is 48.8 Å². The first-order chi connectivity index (χ1) is 9.70. The van der Waals surface area contributed by atoms with Crippen LogP contribution in [0, 0.1) is 0 Å². The Morgan fingerprint density at radius 3 is 2.70 bits per heavy atom. The third kappa shape index (κ3) is 3.92. The highest BCUT2D eigenvalue weighted by molar-refractivity contribution is 7.80. The van der Waals surface area contributed by atoms with Crippen LogP contribution in [-0.2, 0) is 13.1 Å². The monoisotopic (exact) mass is 305 g/mol. The molecule has 0 unspecified atom stereocenters. The van der Waals surface area contributed by atoms with Crippen molar-refractivity contribution in [3.05, 3.63) is 64.9 Å². The SMILES string of the molecule is CNC(=S)N(Cc1cccnc1)Cc1ccccc1Cl. The lowest BCUT2D eigenvalue weighted by Crippen LogP contribution is -2.36. The molecule has 3 nitrogen and oxygen atoms in total. The summed E-state index contributed by atoms with van der Waals surface area (Å²) in [4.78, 5) is 6.19. The summed E-state index contributed by atoms with van der Waals surface area (Å²) < 4.78 is 0. The number of aromatic nitrogens is 1. The van der Waals surface area contributed by atoms with Gasteiger partial charge < -0.3 is 10.2 Å². The van der Waals surface area contributed by atoms with Crippen molar-refractivity contribution in [2.24, 2.45) is 0 Å². The molecule has 0 bridgehead atoms. The van der Waals surface area contributed by atoms with Crippen molar-refractivity contribution in [3.63, 3.8) is 0 Å². The molecule has 20 heavy (non-hydrogen) atoms. The Hall–Kier alpha value is -1.65. The van der Waals surface area contributed by atoms with Crippen molar-refractivity contribution < 1.29 is 0 Å². The highest BCUT2D eigenvalue weighted by atomic mass is 35.5. The van der Waals surface area contributed by atoms with E-state index in [1.807, 2.05) is 49.6 Å². The number of hydrogen-bond acceptors (Lipinski definition) is 2. The van der Waals surface area contributed by atoms with Gasteiger partial charge in [-0.3, -0.25) is 4.98 Å². The maximum atomic E-state index is 6.22. The molecule has 1 heterocycles. The van der Waals surface area contributed by atoms with Gasteiger partial charge in [0.15, 0.2) is 5.11 Å². The van der Waals surface area contributed by atoms with Crippen LogP contribution in [0.1, 0.15) is 11.1 Å². The maximum absolute atomic E-state index is 6.22. The van der Waals surface area contributed by atoms with Crippen LogP contribution in [0.5, 0.6) is 0 Å². The van der Waals surface area contributed by atoms with Crippen LogP contribution < -0.4 is 5.32 Å². The fourth-order valence-electron chi connectivity index (χ4n) is 1.90. The number of pyridine rings is 1. The zero-order valence-electron chi connectivity index (χ0n) is 11.2. The normalized spacial score (nSPS) is 10.1. The average molecular weight is 306 g/mol. The van der Waals surface area contributed by atoms with Gasteiger partial charge in [-0.05, 0) is 35.5 Å². The molecule has 0 aliphatic rings. The van der Waals surface area contributed by atoms with E-state index in [2.05, 4.69) is 15.2 Å². The second-order valence-corrected chi connectivity index (χ2v) is 5.16. The smallest absolute Gasteiger partial charge is 0.169 e. The molecule has 0 atom stereocenters. The zero-order chi connectivity index (χ0) is 14.4. The molecule has 2 aromatic rings. The first-order valence-corrected chi connectivity index (χ1v) is 7.08. The highest BCUT2D eigenvalue weighted by Crippen LogP contribution is 2.18. The summed E-state index contributed by atoms with van der Waals surface area (Å²) in [5.41, 5.74) is 2.16. The quantitative estimate of drug-likeness (QED) is 0.878. The van der Waals surface area contributed by atoms with Gasteiger partial charge in [-0.25, -0.2) is 0 Å². The van der Waals surface area contributed by atoms with Crippen molar-refractivity contribution >= 4 is 28.9 Å². The summed E-state index contributed by atoms with van der Waals surface area (Å²) in [5, 5.41) is 4.46.